The van der Waals surface area contributed by atoms with Crippen LogP contribution in [0.4, 0.5) is 5.69 Å². The van der Waals surface area contributed by atoms with E-state index < -0.39 is 17.8 Å². The van der Waals surface area contributed by atoms with Gasteiger partial charge in [0.15, 0.2) is 0 Å². The molecule has 1 aromatic heterocycles. The molecule has 3 rings (SSSR count). The Labute approximate surface area is 106 Å². The van der Waals surface area contributed by atoms with E-state index in [2.05, 4.69) is 14.9 Å². The van der Waals surface area contributed by atoms with E-state index in [0.717, 1.165) is 4.70 Å². The Morgan fingerprint density at radius 3 is 2.94 bits per heavy atom. The Bertz CT molecular complexity index is 639. The van der Waals surface area contributed by atoms with Crippen molar-refractivity contribution in [3.8, 4) is 0 Å². The summed E-state index contributed by atoms with van der Waals surface area (Å²) in [4.78, 5) is 22.3. The molecule has 2 aromatic rings. The number of rotatable bonds is 3. The van der Waals surface area contributed by atoms with Gasteiger partial charge < -0.3 is 15.2 Å². The Hall–Kier alpha value is -2.02. The maximum absolute atomic E-state index is 11.7. The third-order valence-electron chi connectivity index (χ3n) is 2.94. The highest BCUT2D eigenvalue weighted by molar-refractivity contribution is 7.12. The number of hydrogen-bond acceptors (Lipinski definition) is 6. The molecule has 1 amide bonds. The van der Waals surface area contributed by atoms with E-state index in [9.17, 15) is 14.7 Å². The molecular formula is C11H8N3O3S-. The van der Waals surface area contributed by atoms with Gasteiger partial charge in [-0.15, -0.1) is 5.10 Å². The van der Waals surface area contributed by atoms with Crippen molar-refractivity contribution in [2.45, 2.75) is 6.42 Å². The number of amides is 1. The molecular weight excluding hydrogens is 254 g/mol. The highest BCUT2D eigenvalue weighted by Gasteiger charge is 2.43. The van der Waals surface area contributed by atoms with E-state index in [-0.39, 0.29) is 5.91 Å². The van der Waals surface area contributed by atoms with Gasteiger partial charge in [0.05, 0.1) is 4.70 Å². The van der Waals surface area contributed by atoms with Gasteiger partial charge in [-0.1, -0.05) is 4.49 Å². The second-order valence-corrected chi connectivity index (χ2v) is 5.00. The molecule has 1 fully saturated rings. The highest BCUT2D eigenvalue weighted by atomic mass is 32.1. The van der Waals surface area contributed by atoms with Gasteiger partial charge in [0.1, 0.15) is 5.52 Å². The average molecular weight is 262 g/mol. The summed E-state index contributed by atoms with van der Waals surface area (Å²) in [6.45, 7) is 0. The summed E-state index contributed by atoms with van der Waals surface area (Å²) < 4.78 is 4.73. The van der Waals surface area contributed by atoms with Crippen molar-refractivity contribution < 1.29 is 14.7 Å². The topological polar surface area (TPSA) is 95.0 Å². The Kier molecular flexibility index (Phi) is 2.48. The van der Waals surface area contributed by atoms with Crippen LogP contribution in [0.5, 0.6) is 0 Å². The lowest BCUT2D eigenvalue weighted by Gasteiger charge is -2.04. The van der Waals surface area contributed by atoms with Crippen LogP contribution in [0.2, 0.25) is 0 Å². The van der Waals surface area contributed by atoms with Crippen molar-refractivity contribution in [3.63, 3.8) is 0 Å². The van der Waals surface area contributed by atoms with Gasteiger partial charge in [0, 0.05) is 23.5 Å². The number of anilines is 1. The zero-order valence-corrected chi connectivity index (χ0v) is 9.94. The van der Waals surface area contributed by atoms with E-state index in [1.165, 1.54) is 11.5 Å². The highest BCUT2D eigenvalue weighted by Crippen LogP contribution is 2.38. The first-order valence-corrected chi connectivity index (χ1v) is 6.16. The fourth-order valence-corrected chi connectivity index (χ4v) is 2.38. The Balaban J connectivity index is 1.72. The van der Waals surface area contributed by atoms with E-state index >= 15 is 0 Å². The average Bonchev–Trinajstić information content (AvgIpc) is 3.02. The molecule has 1 heterocycles. The molecule has 6 nitrogen and oxygen atoms in total. The molecule has 1 aliphatic rings. The molecule has 2 atom stereocenters. The molecule has 18 heavy (non-hydrogen) atoms. The summed E-state index contributed by atoms with van der Waals surface area (Å²) >= 11 is 1.28. The molecule has 0 bridgehead atoms. The summed E-state index contributed by atoms with van der Waals surface area (Å²) in [6, 6.07) is 5.28. The number of aliphatic carboxylic acids is 1. The van der Waals surface area contributed by atoms with Crippen molar-refractivity contribution in [1.82, 2.24) is 9.59 Å². The number of hydrogen-bond donors (Lipinski definition) is 1. The number of benzene rings is 1. The fourth-order valence-electron chi connectivity index (χ4n) is 1.84. The van der Waals surface area contributed by atoms with Crippen LogP contribution >= 0.6 is 11.5 Å². The van der Waals surface area contributed by atoms with Crippen LogP contribution in [0.15, 0.2) is 18.2 Å². The van der Waals surface area contributed by atoms with Crippen LogP contribution in [-0.2, 0) is 9.59 Å². The number of carboxylic acids is 1. The van der Waals surface area contributed by atoms with E-state index in [1.54, 1.807) is 12.1 Å². The first-order chi connectivity index (χ1) is 8.65. The van der Waals surface area contributed by atoms with Gasteiger partial charge in [0.25, 0.3) is 0 Å². The minimum Gasteiger partial charge on any atom is -0.550 e. The SMILES string of the molecule is O=C([O-])[C@H]1C[C@H]1C(=O)Nc1ccc2snnc2c1. The van der Waals surface area contributed by atoms with Crippen molar-refractivity contribution in [1.29, 1.82) is 0 Å². The van der Waals surface area contributed by atoms with Crippen LogP contribution in [0.1, 0.15) is 6.42 Å². The summed E-state index contributed by atoms with van der Waals surface area (Å²) in [5.41, 5.74) is 1.31. The zero-order valence-electron chi connectivity index (χ0n) is 9.12. The third-order valence-corrected chi connectivity index (χ3v) is 3.65. The van der Waals surface area contributed by atoms with Crippen molar-refractivity contribution >= 4 is 39.3 Å². The largest absolute Gasteiger partial charge is 0.550 e. The summed E-state index contributed by atoms with van der Waals surface area (Å²) in [5, 5.41) is 17.1. The Morgan fingerprint density at radius 1 is 1.39 bits per heavy atom. The molecule has 1 N–H and O–H groups in total. The lowest BCUT2D eigenvalue weighted by Crippen LogP contribution is -2.27. The second kappa shape index (κ2) is 4.02. The first kappa shape index (κ1) is 11.1. The molecule has 0 saturated heterocycles. The van der Waals surface area contributed by atoms with E-state index in [0.29, 0.717) is 17.6 Å². The quantitative estimate of drug-likeness (QED) is 0.841. The molecule has 7 heteroatoms. The van der Waals surface area contributed by atoms with Gasteiger partial charge in [-0.25, -0.2) is 0 Å². The zero-order chi connectivity index (χ0) is 12.7. The number of carbonyl (C=O) groups is 2. The molecule has 0 aliphatic heterocycles. The summed E-state index contributed by atoms with van der Waals surface area (Å²) in [6.07, 6.45) is 0.356. The van der Waals surface area contributed by atoms with E-state index in [1.807, 2.05) is 6.07 Å². The van der Waals surface area contributed by atoms with Crippen LogP contribution < -0.4 is 10.4 Å². The minimum absolute atomic E-state index is 0.285. The van der Waals surface area contributed by atoms with Gasteiger partial charge in [-0.3, -0.25) is 4.79 Å². The molecule has 0 spiro atoms. The molecule has 1 aromatic carbocycles. The van der Waals surface area contributed by atoms with Crippen LogP contribution in [0, 0.1) is 11.8 Å². The number of carbonyl (C=O) groups excluding carboxylic acids is 2. The standard InChI is InChI=1S/C11H9N3O3S/c15-10(6-4-7(6)11(16)17)12-5-1-2-9-8(3-5)13-14-18-9/h1-3,6-7H,4H2,(H,12,15)(H,16,17)/p-1/t6-,7+/m1/s1. The number of carboxylic acid groups (broad SMARTS) is 1. The van der Waals surface area contributed by atoms with Crippen LogP contribution in [0.3, 0.4) is 0 Å². The Morgan fingerprint density at radius 2 is 2.22 bits per heavy atom. The monoisotopic (exact) mass is 262 g/mol. The second-order valence-electron chi connectivity index (χ2n) is 4.21. The van der Waals surface area contributed by atoms with E-state index in [4.69, 9.17) is 0 Å². The van der Waals surface area contributed by atoms with Crippen LogP contribution in [-0.4, -0.2) is 21.5 Å². The number of fused-ring (bicyclic) bond motifs is 1. The maximum atomic E-state index is 11.7. The maximum Gasteiger partial charge on any atom is 0.228 e. The predicted octanol–water partition coefficient (Wildman–Crippen LogP) is 0.0158. The normalized spacial score (nSPS) is 21.8. The number of aromatic nitrogens is 2. The predicted molar refractivity (Wildman–Crippen MR) is 62.6 cm³/mol. The molecule has 1 aliphatic carbocycles. The van der Waals surface area contributed by atoms with Gasteiger partial charge in [0.2, 0.25) is 5.91 Å². The van der Waals surface area contributed by atoms with Gasteiger partial charge in [-0.2, -0.15) is 0 Å². The summed E-state index contributed by atoms with van der Waals surface area (Å²) in [5.74, 6) is -2.56. The number of nitrogens with one attached hydrogen (secondary N) is 1. The molecule has 92 valence electrons. The van der Waals surface area contributed by atoms with Crippen molar-refractivity contribution in [3.05, 3.63) is 18.2 Å². The first-order valence-electron chi connectivity index (χ1n) is 5.39. The van der Waals surface area contributed by atoms with Crippen LogP contribution in [0.25, 0.3) is 10.2 Å². The lowest BCUT2D eigenvalue weighted by molar-refractivity contribution is -0.308. The smallest absolute Gasteiger partial charge is 0.228 e. The number of nitrogens with zero attached hydrogens (tertiary/aromatic N) is 2. The third kappa shape index (κ3) is 1.92. The fraction of sp³-hybridized carbons (Fsp3) is 0.273. The lowest BCUT2D eigenvalue weighted by atomic mass is 10.2. The van der Waals surface area contributed by atoms with Gasteiger partial charge >= 0.3 is 0 Å². The van der Waals surface area contributed by atoms with Crippen molar-refractivity contribution in [2.75, 3.05) is 5.32 Å². The van der Waals surface area contributed by atoms with Crippen molar-refractivity contribution in [2.24, 2.45) is 11.8 Å². The molecule has 0 radical (unpaired) electrons. The van der Waals surface area contributed by atoms with Gasteiger partial charge in [-0.05, 0) is 36.2 Å². The molecule has 1 saturated carbocycles. The molecule has 0 unspecified atom stereocenters. The summed E-state index contributed by atoms with van der Waals surface area (Å²) in [7, 11) is 0. The minimum atomic E-state index is -1.16.